The van der Waals surface area contributed by atoms with E-state index in [9.17, 15) is 35.1 Å². The number of carbonyl (C=O) groups excluding carboxylic acids is 1. The van der Waals surface area contributed by atoms with E-state index in [1.54, 1.807) is 0 Å². The van der Waals surface area contributed by atoms with Crippen molar-refractivity contribution in [3.8, 4) is 22.6 Å². The summed E-state index contributed by atoms with van der Waals surface area (Å²) in [5.41, 5.74) is -0.00581. The highest BCUT2D eigenvalue weighted by Crippen LogP contribution is 2.39. The third-order valence-electron chi connectivity index (χ3n) is 5.14. The molecule has 3 aromatic rings. The maximum Gasteiger partial charge on any atom is 0.200 e. The Labute approximate surface area is 169 Å². The fourth-order valence-corrected chi connectivity index (χ4v) is 3.54. The summed E-state index contributed by atoms with van der Waals surface area (Å²) in [5.74, 6) is -1.34. The molecular weight excluding hydrogens is 396 g/mol. The molecule has 1 saturated heterocycles. The van der Waals surface area contributed by atoms with Crippen LogP contribution in [0.2, 0.25) is 0 Å². The molecule has 1 aromatic heterocycles. The zero-order chi connectivity index (χ0) is 21.6. The predicted molar refractivity (Wildman–Crippen MR) is 103 cm³/mol. The van der Waals surface area contributed by atoms with E-state index in [2.05, 4.69) is 0 Å². The number of aliphatic hydroxyl groups excluding tert-OH is 3. The van der Waals surface area contributed by atoms with Gasteiger partial charge < -0.3 is 34.7 Å². The molecule has 1 aliphatic heterocycles. The normalized spacial score (nSPS) is 24.3. The van der Waals surface area contributed by atoms with Crippen LogP contribution in [-0.2, 0) is 9.53 Å². The number of phenolic OH excluding ortho intramolecular Hbond substituents is 2. The number of aliphatic hydroxyl groups is 3. The van der Waals surface area contributed by atoms with Gasteiger partial charge in [0, 0.05) is 0 Å². The summed E-state index contributed by atoms with van der Waals surface area (Å²) >= 11 is 0. The summed E-state index contributed by atoms with van der Waals surface area (Å²) in [4.78, 5) is 25.2. The average molecular weight is 414 g/mol. The van der Waals surface area contributed by atoms with Crippen LogP contribution in [0.1, 0.15) is 11.7 Å². The van der Waals surface area contributed by atoms with Gasteiger partial charge in [-0.05, 0) is 29.8 Å². The molecule has 0 radical (unpaired) electrons. The van der Waals surface area contributed by atoms with E-state index in [0.29, 0.717) is 5.56 Å². The van der Waals surface area contributed by atoms with Gasteiger partial charge in [0.25, 0.3) is 0 Å². The fourth-order valence-electron chi connectivity index (χ4n) is 3.54. The Morgan fingerprint density at radius 3 is 2.30 bits per heavy atom. The molecule has 2 aromatic carbocycles. The Kier molecular flexibility index (Phi) is 5.04. The largest absolute Gasteiger partial charge is 0.508 e. The van der Waals surface area contributed by atoms with Crippen LogP contribution >= 0.6 is 0 Å². The van der Waals surface area contributed by atoms with Crippen molar-refractivity contribution < 1.29 is 39.5 Å². The number of carbonyl (C=O) groups is 1. The fraction of sp³-hybridized carbons (Fsp3) is 0.238. The maximum absolute atomic E-state index is 13.0. The molecule has 30 heavy (non-hydrogen) atoms. The molecule has 0 aliphatic carbocycles. The molecule has 0 saturated carbocycles. The topological polar surface area (TPSA) is 158 Å². The molecule has 1 aliphatic rings. The Bertz CT molecular complexity index is 1170. The highest BCUT2D eigenvalue weighted by molar-refractivity contribution is 5.91. The number of phenols is 2. The lowest BCUT2D eigenvalue weighted by molar-refractivity contribution is -0.189. The third kappa shape index (κ3) is 3.14. The molecule has 0 spiro atoms. The number of fused-ring (bicyclic) bond motifs is 1. The number of benzene rings is 2. The summed E-state index contributed by atoms with van der Waals surface area (Å²) in [6.07, 6.45) is -5.20. The molecule has 0 unspecified atom stereocenters. The van der Waals surface area contributed by atoms with Crippen molar-refractivity contribution in [3.63, 3.8) is 0 Å². The minimum absolute atomic E-state index is 0.0323. The molecule has 4 rings (SSSR count). The van der Waals surface area contributed by atoms with Crippen LogP contribution in [-0.4, -0.2) is 56.2 Å². The number of aromatic hydroxyl groups is 2. The third-order valence-corrected chi connectivity index (χ3v) is 5.14. The van der Waals surface area contributed by atoms with E-state index >= 15 is 0 Å². The molecule has 2 heterocycles. The monoisotopic (exact) mass is 414 g/mol. The molecule has 0 bridgehead atoms. The Morgan fingerprint density at radius 2 is 1.63 bits per heavy atom. The van der Waals surface area contributed by atoms with Crippen molar-refractivity contribution >= 4 is 16.8 Å². The Morgan fingerprint density at radius 1 is 0.933 bits per heavy atom. The van der Waals surface area contributed by atoms with Gasteiger partial charge in [0.05, 0.1) is 23.1 Å². The number of ketones is 1. The molecule has 5 N–H and O–H groups in total. The predicted octanol–water partition coefficient (Wildman–Crippen LogP) is 0.594. The number of Topliss-reactive ketones (excluding diaryl/α,β-unsaturated/α-hetero) is 1. The first-order chi connectivity index (χ1) is 14.3. The summed E-state index contributed by atoms with van der Waals surface area (Å²) < 4.78 is 11.1. The van der Waals surface area contributed by atoms with Crippen LogP contribution in [0.3, 0.4) is 0 Å². The summed E-state index contributed by atoms with van der Waals surface area (Å²) in [6, 6.07) is 8.44. The van der Waals surface area contributed by atoms with E-state index in [0.717, 1.165) is 6.26 Å². The second-order valence-corrected chi connectivity index (χ2v) is 6.97. The number of ether oxygens (including phenoxy) is 1. The quantitative estimate of drug-likeness (QED) is 0.414. The van der Waals surface area contributed by atoms with Crippen LogP contribution in [0.25, 0.3) is 22.1 Å². The van der Waals surface area contributed by atoms with Gasteiger partial charge in [-0.3, -0.25) is 9.59 Å². The van der Waals surface area contributed by atoms with Gasteiger partial charge in [-0.1, -0.05) is 12.1 Å². The lowest BCUT2D eigenvalue weighted by Crippen LogP contribution is -2.52. The molecule has 0 amide bonds. The highest BCUT2D eigenvalue weighted by Gasteiger charge is 2.45. The van der Waals surface area contributed by atoms with Gasteiger partial charge in [0.2, 0.25) is 5.43 Å². The molecule has 1 fully saturated rings. The van der Waals surface area contributed by atoms with Crippen LogP contribution in [0.15, 0.2) is 51.9 Å². The van der Waals surface area contributed by atoms with Crippen molar-refractivity contribution in [1.29, 1.82) is 0 Å². The average Bonchev–Trinajstić information content (AvgIpc) is 2.74. The van der Waals surface area contributed by atoms with Crippen molar-refractivity contribution in [1.82, 2.24) is 0 Å². The zero-order valence-corrected chi connectivity index (χ0v) is 15.4. The Balaban J connectivity index is 1.88. The van der Waals surface area contributed by atoms with Crippen molar-refractivity contribution in [2.45, 2.75) is 24.4 Å². The number of hydrogen-bond donors (Lipinski definition) is 5. The molecule has 9 heteroatoms. The molecule has 9 nitrogen and oxygen atoms in total. The summed E-state index contributed by atoms with van der Waals surface area (Å²) in [5, 5.41) is 49.4. The van der Waals surface area contributed by atoms with E-state index in [-0.39, 0.29) is 27.8 Å². The lowest BCUT2D eigenvalue weighted by atomic mass is 9.91. The van der Waals surface area contributed by atoms with E-state index in [4.69, 9.17) is 9.15 Å². The minimum Gasteiger partial charge on any atom is -0.508 e. The standard InChI is InChI=1S/C21H18O9/c22-7-14-17(26)18(27)19(28)21(30-14)15-13(24)6-5-11-16(25)12(8-29-20(11)15)9-1-3-10(23)4-2-9/h1-6,8,14,17,19,21-24,26,28H,7H2/t14-,17-,19-,21+/m1/s1. The van der Waals surface area contributed by atoms with Crippen molar-refractivity contribution in [3.05, 3.63) is 58.4 Å². The second-order valence-electron chi connectivity index (χ2n) is 6.97. The molecular formula is C21H18O9. The summed E-state index contributed by atoms with van der Waals surface area (Å²) in [7, 11) is 0. The first-order valence-electron chi connectivity index (χ1n) is 9.06. The molecule has 4 atom stereocenters. The van der Waals surface area contributed by atoms with Crippen LogP contribution in [0.4, 0.5) is 0 Å². The number of rotatable bonds is 3. The zero-order valence-electron chi connectivity index (χ0n) is 15.4. The SMILES string of the molecule is O=C1[C@@H](O)[C@H](c2c(O)ccc3c(=O)c(-c4ccc(O)cc4)coc23)O[C@H](CO)[C@H]1O. The highest BCUT2D eigenvalue weighted by atomic mass is 16.5. The first-order valence-corrected chi connectivity index (χ1v) is 9.06. The number of hydrogen-bond acceptors (Lipinski definition) is 9. The van der Waals surface area contributed by atoms with E-state index in [1.165, 1.54) is 36.4 Å². The minimum atomic E-state index is -1.85. The first kappa shape index (κ1) is 20.0. The second kappa shape index (κ2) is 7.54. The van der Waals surface area contributed by atoms with E-state index < -0.39 is 48.0 Å². The van der Waals surface area contributed by atoms with Crippen LogP contribution in [0.5, 0.6) is 11.5 Å². The molecule has 156 valence electrons. The van der Waals surface area contributed by atoms with Gasteiger partial charge >= 0.3 is 0 Å². The smallest absolute Gasteiger partial charge is 0.200 e. The van der Waals surface area contributed by atoms with Gasteiger partial charge in [-0.25, -0.2) is 0 Å². The Hall–Kier alpha value is -3.24. The lowest BCUT2D eigenvalue weighted by Gasteiger charge is -2.35. The van der Waals surface area contributed by atoms with Gasteiger partial charge in [0.15, 0.2) is 5.78 Å². The van der Waals surface area contributed by atoms with Gasteiger partial charge in [-0.15, -0.1) is 0 Å². The van der Waals surface area contributed by atoms with Crippen molar-refractivity contribution in [2.24, 2.45) is 0 Å². The van der Waals surface area contributed by atoms with Crippen LogP contribution in [0, 0.1) is 0 Å². The maximum atomic E-state index is 13.0. The van der Waals surface area contributed by atoms with E-state index in [1.807, 2.05) is 0 Å². The summed E-state index contributed by atoms with van der Waals surface area (Å²) in [6.45, 7) is -0.698. The van der Waals surface area contributed by atoms with Crippen LogP contribution < -0.4 is 5.43 Å². The van der Waals surface area contributed by atoms with Crippen molar-refractivity contribution in [2.75, 3.05) is 6.61 Å². The van der Waals surface area contributed by atoms with Gasteiger partial charge in [0.1, 0.15) is 47.8 Å². The van der Waals surface area contributed by atoms with Gasteiger partial charge in [-0.2, -0.15) is 0 Å².